The van der Waals surface area contributed by atoms with E-state index in [4.69, 9.17) is 14.2 Å². The fraction of sp³-hybridized carbons (Fsp3) is 0.263. The van der Waals surface area contributed by atoms with Gasteiger partial charge in [0.15, 0.2) is 6.61 Å². The number of ether oxygens (including phenoxy) is 3. The first-order chi connectivity index (χ1) is 12.5. The van der Waals surface area contributed by atoms with Gasteiger partial charge in [-0.3, -0.25) is 4.79 Å². The molecule has 1 N–H and O–H groups in total. The van der Waals surface area contributed by atoms with Crippen molar-refractivity contribution in [3.63, 3.8) is 0 Å². The zero-order chi connectivity index (χ0) is 19.1. The van der Waals surface area contributed by atoms with Crippen LogP contribution in [0.1, 0.15) is 16.7 Å². The summed E-state index contributed by atoms with van der Waals surface area (Å²) in [6.07, 6.45) is 1.50. The third-order valence-corrected chi connectivity index (χ3v) is 4.27. The van der Waals surface area contributed by atoms with E-state index in [2.05, 4.69) is 26.5 Å². The predicted octanol–water partition coefficient (Wildman–Crippen LogP) is 3.61. The van der Waals surface area contributed by atoms with Gasteiger partial charge >= 0.3 is 0 Å². The van der Waals surface area contributed by atoms with Crippen molar-refractivity contribution in [1.82, 2.24) is 5.43 Å². The minimum absolute atomic E-state index is 0.119. The summed E-state index contributed by atoms with van der Waals surface area (Å²) < 4.78 is 16.9. The molecule has 0 radical (unpaired) electrons. The van der Waals surface area contributed by atoms with Crippen LogP contribution in [-0.2, 0) is 4.79 Å². The normalized spacial score (nSPS) is 10.7. The average Bonchev–Trinajstić information content (AvgIpc) is 2.61. The number of para-hydroxylation sites is 1. The van der Waals surface area contributed by atoms with Crippen LogP contribution >= 0.6 is 15.9 Å². The highest BCUT2D eigenvalue weighted by molar-refractivity contribution is 9.10. The Morgan fingerprint density at radius 1 is 1.15 bits per heavy atom. The molecule has 26 heavy (non-hydrogen) atoms. The number of amides is 1. The van der Waals surface area contributed by atoms with E-state index in [1.165, 1.54) is 6.21 Å². The van der Waals surface area contributed by atoms with Crippen LogP contribution in [0.3, 0.4) is 0 Å². The van der Waals surface area contributed by atoms with E-state index >= 15 is 0 Å². The maximum Gasteiger partial charge on any atom is 0.277 e. The number of benzene rings is 2. The molecule has 0 heterocycles. The monoisotopic (exact) mass is 420 g/mol. The maximum absolute atomic E-state index is 11.9. The van der Waals surface area contributed by atoms with E-state index in [1.54, 1.807) is 26.4 Å². The highest BCUT2D eigenvalue weighted by Gasteiger charge is 2.09. The van der Waals surface area contributed by atoms with Gasteiger partial charge in [-0.05, 0) is 47.0 Å². The van der Waals surface area contributed by atoms with Crippen molar-refractivity contribution >= 4 is 28.1 Å². The molecule has 0 saturated heterocycles. The van der Waals surface area contributed by atoms with Gasteiger partial charge in [0, 0.05) is 11.6 Å². The Hall–Kier alpha value is -2.54. The Balaban J connectivity index is 1.98. The van der Waals surface area contributed by atoms with Crippen molar-refractivity contribution in [1.29, 1.82) is 0 Å². The molecule has 0 atom stereocenters. The molecule has 6 nitrogen and oxygen atoms in total. The number of carbonyl (C=O) groups is 1. The van der Waals surface area contributed by atoms with E-state index in [1.807, 2.05) is 32.0 Å². The predicted molar refractivity (Wildman–Crippen MR) is 104 cm³/mol. The van der Waals surface area contributed by atoms with Gasteiger partial charge in [0.1, 0.15) is 17.2 Å². The number of methoxy groups -OCH3 is 2. The van der Waals surface area contributed by atoms with E-state index < -0.39 is 0 Å². The molecule has 0 aliphatic heterocycles. The summed E-state index contributed by atoms with van der Waals surface area (Å²) in [5.74, 6) is 1.59. The summed E-state index contributed by atoms with van der Waals surface area (Å²) in [5, 5.41) is 3.96. The van der Waals surface area contributed by atoms with E-state index in [0.29, 0.717) is 22.8 Å². The third kappa shape index (κ3) is 4.98. The Morgan fingerprint density at radius 2 is 1.81 bits per heavy atom. The molecule has 7 heteroatoms. The molecule has 0 fully saturated rings. The van der Waals surface area contributed by atoms with Gasteiger partial charge in [0.05, 0.1) is 24.9 Å². The number of hydrogen-bond donors (Lipinski definition) is 1. The van der Waals surface area contributed by atoms with E-state index in [-0.39, 0.29) is 12.5 Å². The highest BCUT2D eigenvalue weighted by atomic mass is 79.9. The quantitative estimate of drug-likeness (QED) is 0.548. The zero-order valence-electron chi connectivity index (χ0n) is 15.1. The molecule has 2 aromatic carbocycles. The Kier molecular flexibility index (Phi) is 7.03. The maximum atomic E-state index is 11.9. The van der Waals surface area contributed by atoms with Gasteiger partial charge in [-0.1, -0.05) is 18.2 Å². The molecular formula is C19H21BrN2O4. The van der Waals surface area contributed by atoms with Gasteiger partial charge in [-0.2, -0.15) is 5.10 Å². The minimum Gasteiger partial charge on any atom is -0.496 e. The number of rotatable bonds is 7. The van der Waals surface area contributed by atoms with Crippen LogP contribution < -0.4 is 19.6 Å². The lowest BCUT2D eigenvalue weighted by molar-refractivity contribution is -0.123. The smallest absolute Gasteiger partial charge is 0.277 e. The lowest BCUT2D eigenvalue weighted by Gasteiger charge is -2.11. The summed E-state index contributed by atoms with van der Waals surface area (Å²) >= 11 is 3.41. The lowest BCUT2D eigenvalue weighted by atomic mass is 10.1. The number of carbonyl (C=O) groups excluding carboxylic acids is 1. The molecule has 2 rings (SSSR count). The topological polar surface area (TPSA) is 69.2 Å². The molecule has 0 unspecified atom stereocenters. The molecule has 0 saturated carbocycles. The number of nitrogens with zero attached hydrogens (tertiary/aromatic N) is 1. The number of hydrazone groups is 1. The zero-order valence-corrected chi connectivity index (χ0v) is 16.7. The molecule has 2 aromatic rings. The van der Waals surface area contributed by atoms with Crippen LogP contribution in [0.25, 0.3) is 0 Å². The molecule has 0 bridgehead atoms. The first-order valence-corrected chi connectivity index (χ1v) is 8.68. The first-order valence-electron chi connectivity index (χ1n) is 7.88. The average molecular weight is 421 g/mol. The van der Waals surface area contributed by atoms with Crippen LogP contribution in [0.5, 0.6) is 17.2 Å². The van der Waals surface area contributed by atoms with Crippen LogP contribution in [0.15, 0.2) is 39.9 Å². The van der Waals surface area contributed by atoms with Crippen LogP contribution in [-0.4, -0.2) is 32.9 Å². The molecular weight excluding hydrogens is 400 g/mol. The molecule has 1 amide bonds. The summed E-state index contributed by atoms with van der Waals surface area (Å²) in [7, 11) is 3.13. The van der Waals surface area contributed by atoms with Crippen molar-refractivity contribution < 1.29 is 19.0 Å². The summed E-state index contributed by atoms with van der Waals surface area (Å²) in [6, 6.07) is 9.35. The van der Waals surface area contributed by atoms with E-state index in [9.17, 15) is 4.79 Å². The Morgan fingerprint density at radius 3 is 2.42 bits per heavy atom. The molecule has 0 aromatic heterocycles. The Labute approximate surface area is 161 Å². The fourth-order valence-corrected chi connectivity index (χ4v) is 2.88. The molecule has 138 valence electrons. The summed E-state index contributed by atoms with van der Waals surface area (Å²) in [4.78, 5) is 11.9. The van der Waals surface area contributed by atoms with Crippen LogP contribution in [0, 0.1) is 13.8 Å². The number of nitrogens with one attached hydrogen (secondary N) is 1. The molecule has 0 spiro atoms. The lowest BCUT2D eigenvalue weighted by Crippen LogP contribution is -2.25. The van der Waals surface area contributed by atoms with Crippen LogP contribution in [0.4, 0.5) is 0 Å². The standard InChI is InChI=1S/C19H21BrN2O4/c1-12-6-5-7-13(2)19(12)26-11-18(23)22-21-10-14-8-15(20)17(25-4)9-16(14)24-3/h5-10H,11H2,1-4H3,(H,22,23)/b21-10-. The summed E-state index contributed by atoms with van der Waals surface area (Å²) in [6.45, 7) is 3.75. The first kappa shape index (κ1) is 19.8. The van der Waals surface area contributed by atoms with Gasteiger partial charge in [0.2, 0.25) is 0 Å². The second kappa shape index (κ2) is 9.24. The number of aryl methyl sites for hydroxylation is 2. The highest BCUT2D eigenvalue weighted by Crippen LogP contribution is 2.31. The van der Waals surface area contributed by atoms with Crippen molar-refractivity contribution in [3.8, 4) is 17.2 Å². The second-order valence-corrected chi connectivity index (χ2v) is 6.39. The minimum atomic E-state index is -0.351. The SMILES string of the molecule is COc1cc(OC)c(/C=N\NC(=O)COc2c(C)cccc2C)cc1Br. The third-order valence-electron chi connectivity index (χ3n) is 3.65. The Bertz CT molecular complexity index is 801. The van der Waals surface area contributed by atoms with Gasteiger partial charge in [-0.25, -0.2) is 5.43 Å². The second-order valence-electron chi connectivity index (χ2n) is 5.53. The fourth-order valence-electron chi connectivity index (χ4n) is 2.35. The number of halogens is 1. The summed E-state index contributed by atoms with van der Waals surface area (Å²) in [5.41, 5.74) is 5.10. The van der Waals surface area contributed by atoms with Crippen LogP contribution in [0.2, 0.25) is 0 Å². The van der Waals surface area contributed by atoms with E-state index in [0.717, 1.165) is 15.6 Å². The van der Waals surface area contributed by atoms with Crippen molar-refractivity contribution in [2.45, 2.75) is 13.8 Å². The largest absolute Gasteiger partial charge is 0.496 e. The number of hydrogen-bond acceptors (Lipinski definition) is 5. The van der Waals surface area contributed by atoms with Crippen molar-refractivity contribution in [3.05, 3.63) is 51.5 Å². The van der Waals surface area contributed by atoms with Gasteiger partial charge in [0.25, 0.3) is 5.91 Å². The molecule has 0 aliphatic carbocycles. The molecule has 0 aliphatic rings. The van der Waals surface area contributed by atoms with Crippen molar-refractivity contribution in [2.75, 3.05) is 20.8 Å². The van der Waals surface area contributed by atoms with Gasteiger partial charge in [-0.15, -0.1) is 0 Å². The van der Waals surface area contributed by atoms with Crippen molar-refractivity contribution in [2.24, 2.45) is 5.10 Å². The van der Waals surface area contributed by atoms with Gasteiger partial charge < -0.3 is 14.2 Å².